The highest BCUT2D eigenvalue weighted by molar-refractivity contribution is 5.88. The first-order chi connectivity index (χ1) is 17.4. The van der Waals surface area contributed by atoms with Crippen molar-refractivity contribution in [2.45, 2.75) is 38.3 Å². The van der Waals surface area contributed by atoms with Crippen molar-refractivity contribution in [2.75, 3.05) is 20.1 Å². The third-order valence-electron chi connectivity index (χ3n) is 5.20. The van der Waals surface area contributed by atoms with Gasteiger partial charge in [0.25, 0.3) is 0 Å². The molecule has 0 bridgehead atoms. The summed E-state index contributed by atoms with van der Waals surface area (Å²) in [6.07, 6.45) is 0.0123. The number of carbonyl (C=O) groups excluding carboxylic acids is 3. The Morgan fingerprint density at radius 1 is 1.00 bits per heavy atom. The first-order valence-electron chi connectivity index (χ1n) is 11.6. The molecule has 0 saturated heterocycles. The zero-order valence-corrected chi connectivity index (χ0v) is 20.3. The molecule has 2 atom stereocenters. The molecule has 2 aromatic carbocycles. The van der Waals surface area contributed by atoms with E-state index in [4.69, 9.17) is 11.3 Å². The van der Waals surface area contributed by atoms with E-state index in [1.165, 1.54) is 7.05 Å². The summed E-state index contributed by atoms with van der Waals surface area (Å²) in [5.74, 6) is -0.804. The molecule has 0 radical (unpaired) electrons. The number of amides is 4. The second-order valence-corrected chi connectivity index (χ2v) is 7.97. The molecular formula is C24H33N9O3. The van der Waals surface area contributed by atoms with Gasteiger partial charge in [0.2, 0.25) is 11.8 Å². The van der Waals surface area contributed by atoms with Gasteiger partial charge in [0.15, 0.2) is 0 Å². The van der Waals surface area contributed by atoms with Crippen LogP contribution in [-0.4, -0.2) is 55.2 Å². The zero-order valence-electron chi connectivity index (χ0n) is 20.3. The molecule has 0 aliphatic carbocycles. The fourth-order valence-corrected chi connectivity index (χ4v) is 3.46. The lowest BCUT2D eigenvalue weighted by Gasteiger charge is -2.28. The molecule has 0 fully saturated rings. The number of hydrogen-bond acceptors (Lipinski definition) is 6. The van der Waals surface area contributed by atoms with Crippen LogP contribution in [0.4, 0.5) is 4.79 Å². The van der Waals surface area contributed by atoms with Crippen molar-refractivity contribution in [3.05, 3.63) is 82.2 Å². The molecule has 0 heterocycles. The maximum atomic E-state index is 13.7. The van der Waals surface area contributed by atoms with Crippen molar-refractivity contribution >= 4 is 17.8 Å². The Labute approximate surface area is 210 Å². The van der Waals surface area contributed by atoms with Crippen LogP contribution in [0.1, 0.15) is 24.0 Å². The van der Waals surface area contributed by atoms with Crippen molar-refractivity contribution in [1.29, 1.82) is 0 Å². The highest BCUT2D eigenvalue weighted by Gasteiger charge is 2.26. The first kappa shape index (κ1) is 28.1. The zero-order chi connectivity index (χ0) is 26.2. The second kappa shape index (κ2) is 15.7. The van der Waals surface area contributed by atoms with Gasteiger partial charge in [-0.3, -0.25) is 20.6 Å². The number of nitrogens with two attached hydrogens (primary N) is 1. The number of urea groups is 1. The molecule has 0 aromatic heterocycles. The number of benzene rings is 2. The predicted molar refractivity (Wildman–Crippen MR) is 136 cm³/mol. The van der Waals surface area contributed by atoms with Crippen molar-refractivity contribution in [2.24, 2.45) is 10.8 Å². The third kappa shape index (κ3) is 10.4. The monoisotopic (exact) mass is 495 g/mol. The fourth-order valence-electron chi connectivity index (χ4n) is 3.46. The van der Waals surface area contributed by atoms with Gasteiger partial charge in [0, 0.05) is 25.0 Å². The summed E-state index contributed by atoms with van der Waals surface area (Å²) in [6.45, 7) is 0.697. The molecule has 12 nitrogen and oxygen atoms in total. The van der Waals surface area contributed by atoms with Crippen molar-refractivity contribution in [3.8, 4) is 0 Å². The second-order valence-electron chi connectivity index (χ2n) is 7.97. The molecule has 0 saturated carbocycles. The van der Waals surface area contributed by atoms with Crippen molar-refractivity contribution in [1.82, 2.24) is 26.2 Å². The summed E-state index contributed by atoms with van der Waals surface area (Å²) < 4.78 is 0. The highest BCUT2D eigenvalue weighted by atomic mass is 16.2. The third-order valence-corrected chi connectivity index (χ3v) is 5.20. The Bertz CT molecular complexity index is 973. The maximum Gasteiger partial charge on any atom is 0.316 e. The van der Waals surface area contributed by atoms with E-state index in [0.29, 0.717) is 32.5 Å². The molecule has 2 aromatic rings. The van der Waals surface area contributed by atoms with E-state index < -0.39 is 30.8 Å². The van der Waals surface area contributed by atoms with Crippen LogP contribution in [0.15, 0.2) is 65.8 Å². The minimum Gasteiger partial charge on any atom is -0.344 e. The van der Waals surface area contributed by atoms with E-state index in [1.807, 2.05) is 60.7 Å². The van der Waals surface area contributed by atoms with Crippen LogP contribution >= 0.6 is 0 Å². The van der Waals surface area contributed by atoms with Crippen LogP contribution in [0.2, 0.25) is 0 Å². The first-order valence-corrected chi connectivity index (χ1v) is 11.6. The van der Waals surface area contributed by atoms with Crippen LogP contribution < -0.4 is 27.0 Å². The van der Waals surface area contributed by atoms with E-state index in [2.05, 4.69) is 31.3 Å². The van der Waals surface area contributed by atoms with Gasteiger partial charge in [0.1, 0.15) is 18.9 Å². The largest absolute Gasteiger partial charge is 0.344 e. The Morgan fingerprint density at radius 3 is 2.11 bits per heavy atom. The number of nitrogens with one attached hydrogen (secondary N) is 4. The van der Waals surface area contributed by atoms with Gasteiger partial charge < -0.3 is 20.9 Å². The van der Waals surface area contributed by atoms with E-state index in [1.54, 1.807) is 4.90 Å². The number of hydrogen-bond donors (Lipinski definition) is 5. The predicted octanol–water partition coefficient (Wildman–Crippen LogP) is 1.55. The molecule has 0 spiro atoms. The lowest BCUT2D eigenvalue weighted by atomic mass is 10.1. The molecule has 36 heavy (non-hydrogen) atoms. The topological polar surface area (TPSA) is 177 Å². The van der Waals surface area contributed by atoms with Gasteiger partial charge in [-0.05, 0) is 36.0 Å². The molecule has 2 rings (SSSR count). The van der Waals surface area contributed by atoms with Gasteiger partial charge in [-0.2, -0.15) is 0 Å². The molecule has 0 aliphatic rings. The molecule has 12 heteroatoms. The van der Waals surface area contributed by atoms with Crippen molar-refractivity contribution < 1.29 is 14.4 Å². The van der Waals surface area contributed by atoms with Gasteiger partial charge in [-0.25, -0.2) is 4.79 Å². The van der Waals surface area contributed by atoms with Gasteiger partial charge in [-0.15, -0.1) is 0 Å². The Morgan fingerprint density at radius 2 is 1.58 bits per heavy atom. The number of rotatable bonds is 14. The summed E-state index contributed by atoms with van der Waals surface area (Å²) in [6, 6.07) is 17.9. The van der Waals surface area contributed by atoms with Crippen LogP contribution in [0.3, 0.4) is 0 Å². The quantitative estimate of drug-likeness (QED) is 0.0876. The van der Waals surface area contributed by atoms with Crippen LogP contribution in [0.5, 0.6) is 0 Å². The average Bonchev–Trinajstić information content (AvgIpc) is 2.89. The Kier molecular flexibility index (Phi) is 12.3. The highest BCUT2D eigenvalue weighted by Crippen LogP contribution is 2.13. The fraction of sp³-hybridized carbons (Fsp3) is 0.375. The summed E-state index contributed by atoms with van der Waals surface area (Å²) in [5, 5.41) is 13.8. The molecular weight excluding hydrogens is 462 g/mol. The standard InChI is InChI=1S/C24H33N9O3/c1-27-24(36)31-23(25)28-14-8-13-20(30-21(34)15-29-32-26)22(35)33(16-18-9-4-2-5-10-18)17-19-11-6-3-7-12-19/h2-7,9-12,20,23,28H,8,13-17,25H2,1H3,(H,30,34)(H2,27,31,36)/t20-,23?/m0/s1. The number of nitrogens with zero attached hydrogens (tertiary/aromatic N) is 4. The van der Waals surface area contributed by atoms with Crippen LogP contribution in [0.25, 0.3) is 10.4 Å². The molecule has 192 valence electrons. The average molecular weight is 496 g/mol. The van der Waals surface area contributed by atoms with E-state index >= 15 is 0 Å². The maximum absolute atomic E-state index is 13.7. The van der Waals surface area contributed by atoms with Gasteiger partial charge in [-0.1, -0.05) is 65.8 Å². The molecule has 4 amide bonds. The lowest BCUT2D eigenvalue weighted by Crippen LogP contribution is -2.54. The molecule has 6 N–H and O–H groups in total. The van der Waals surface area contributed by atoms with Crippen LogP contribution in [0, 0.1) is 0 Å². The summed E-state index contributed by atoms with van der Waals surface area (Å²) >= 11 is 0. The lowest BCUT2D eigenvalue weighted by molar-refractivity contribution is -0.137. The van der Waals surface area contributed by atoms with E-state index in [9.17, 15) is 14.4 Å². The van der Waals surface area contributed by atoms with E-state index in [-0.39, 0.29) is 5.91 Å². The summed E-state index contributed by atoms with van der Waals surface area (Å²) in [5.41, 5.74) is 16.2. The molecule has 0 aliphatic heterocycles. The number of carbonyl (C=O) groups is 3. The SMILES string of the molecule is CNC(=O)NC(N)NCCC[C@H](NC(=O)CN=[N+]=[N-])C(=O)N(Cc1ccccc1)Cc1ccccc1. The minimum atomic E-state index is -0.844. The Balaban J connectivity index is 2.13. The number of azide groups is 1. The normalized spacial score (nSPS) is 11.9. The molecule has 1 unspecified atom stereocenters. The summed E-state index contributed by atoms with van der Waals surface area (Å²) in [7, 11) is 1.48. The Hall–Kier alpha value is -4.12. The van der Waals surface area contributed by atoms with Gasteiger partial charge >= 0.3 is 6.03 Å². The van der Waals surface area contributed by atoms with Crippen molar-refractivity contribution in [3.63, 3.8) is 0 Å². The van der Waals surface area contributed by atoms with Gasteiger partial charge in [0.05, 0.1) is 0 Å². The van der Waals surface area contributed by atoms with Crippen LogP contribution in [-0.2, 0) is 22.7 Å². The van der Waals surface area contributed by atoms with E-state index in [0.717, 1.165) is 11.1 Å². The summed E-state index contributed by atoms with van der Waals surface area (Å²) in [4.78, 5) is 41.6. The smallest absolute Gasteiger partial charge is 0.316 e. The minimum absolute atomic E-state index is 0.259.